The number of hydrogen-bond donors (Lipinski definition) is 1. The second kappa shape index (κ2) is 9.49. The molecule has 2 amide bonds. The maximum Gasteiger partial charge on any atom is 0.229 e. The van der Waals surface area contributed by atoms with Crippen LogP contribution in [0.15, 0.2) is 30.3 Å². The maximum absolute atomic E-state index is 12.6. The first-order valence-corrected chi connectivity index (χ1v) is 9.51. The third kappa shape index (κ3) is 4.49. The summed E-state index contributed by atoms with van der Waals surface area (Å²) >= 11 is 0. The van der Waals surface area contributed by atoms with E-state index in [1.54, 1.807) is 30.2 Å². The molecule has 8 nitrogen and oxygen atoms in total. The minimum atomic E-state index is -0.176. The van der Waals surface area contributed by atoms with Crippen LogP contribution >= 0.6 is 0 Å². The van der Waals surface area contributed by atoms with Crippen molar-refractivity contribution in [1.82, 2.24) is 0 Å². The lowest BCUT2D eigenvalue weighted by molar-refractivity contribution is -0.120. The standard InChI is InChI=1S/C22H26N2O6/c1-27-13-24-17-7-6-16(12-15(17)5-8-21(24)26)23-20(25)11-14-9-18(28-2)22(30-4)19(10-14)29-3/h6-7,9-10,12H,5,8,11,13H2,1-4H3,(H,23,25). The molecule has 1 aliphatic rings. The SMILES string of the molecule is COCN1C(=O)CCc2cc(NC(=O)Cc3cc(OC)c(OC)c(OC)c3)ccc21. The van der Waals surface area contributed by atoms with E-state index in [1.165, 1.54) is 21.3 Å². The molecule has 2 aromatic rings. The van der Waals surface area contributed by atoms with Gasteiger partial charge in [0.15, 0.2) is 11.5 Å². The first kappa shape index (κ1) is 21.4. The summed E-state index contributed by atoms with van der Waals surface area (Å²) in [5, 5.41) is 2.92. The number of benzene rings is 2. The van der Waals surface area contributed by atoms with Gasteiger partial charge in [-0.15, -0.1) is 0 Å². The van der Waals surface area contributed by atoms with E-state index in [0.29, 0.717) is 35.8 Å². The third-order valence-corrected chi connectivity index (χ3v) is 4.91. The first-order chi connectivity index (χ1) is 14.5. The van der Waals surface area contributed by atoms with E-state index in [9.17, 15) is 9.59 Å². The molecule has 0 bridgehead atoms. The van der Waals surface area contributed by atoms with Crippen LogP contribution in [0.25, 0.3) is 0 Å². The maximum atomic E-state index is 12.6. The molecule has 160 valence electrons. The normalized spacial score (nSPS) is 12.9. The van der Waals surface area contributed by atoms with Crippen LogP contribution in [0, 0.1) is 0 Å². The van der Waals surface area contributed by atoms with Gasteiger partial charge in [-0.1, -0.05) is 0 Å². The van der Waals surface area contributed by atoms with Crippen molar-refractivity contribution in [3.63, 3.8) is 0 Å². The van der Waals surface area contributed by atoms with Crippen LogP contribution in [0.1, 0.15) is 17.5 Å². The Balaban J connectivity index is 1.75. The Kier molecular flexibility index (Phi) is 6.79. The fourth-order valence-corrected chi connectivity index (χ4v) is 3.54. The zero-order valence-electron chi connectivity index (χ0n) is 17.6. The molecular formula is C22H26N2O6. The lowest BCUT2D eigenvalue weighted by Gasteiger charge is -2.29. The van der Waals surface area contributed by atoms with E-state index in [1.807, 2.05) is 12.1 Å². The van der Waals surface area contributed by atoms with Crippen molar-refractivity contribution in [2.24, 2.45) is 0 Å². The van der Waals surface area contributed by atoms with E-state index in [2.05, 4.69) is 5.32 Å². The van der Waals surface area contributed by atoms with Crippen molar-refractivity contribution in [2.75, 3.05) is 45.4 Å². The van der Waals surface area contributed by atoms with Crippen molar-refractivity contribution >= 4 is 23.2 Å². The highest BCUT2D eigenvalue weighted by Gasteiger charge is 2.24. The van der Waals surface area contributed by atoms with Crippen LogP contribution in [0.5, 0.6) is 17.2 Å². The van der Waals surface area contributed by atoms with Crippen molar-refractivity contribution in [1.29, 1.82) is 0 Å². The van der Waals surface area contributed by atoms with Gasteiger partial charge >= 0.3 is 0 Å². The van der Waals surface area contributed by atoms with E-state index < -0.39 is 0 Å². The highest BCUT2D eigenvalue weighted by atomic mass is 16.5. The van der Waals surface area contributed by atoms with Gasteiger partial charge in [0.1, 0.15) is 6.73 Å². The Morgan fingerprint density at radius 2 is 1.70 bits per heavy atom. The van der Waals surface area contributed by atoms with Gasteiger partial charge in [0, 0.05) is 24.9 Å². The molecule has 1 heterocycles. The second-order valence-corrected chi connectivity index (χ2v) is 6.84. The molecule has 0 unspecified atom stereocenters. The molecule has 0 saturated heterocycles. The summed E-state index contributed by atoms with van der Waals surface area (Å²) in [7, 11) is 6.15. The Morgan fingerprint density at radius 3 is 2.30 bits per heavy atom. The molecular weight excluding hydrogens is 388 g/mol. The topological polar surface area (TPSA) is 86.3 Å². The molecule has 0 aromatic heterocycles. The smallest absolute Gasteiger partial charge is 0.229 e. The fraction of sp³-hybridized carbons (Fsp3) is 0.364. The van der Waals surface area contributed by atoms with Crippen LogP contribution in [-0.4, -0.2) is 47.0 Å². The molecule has 0 radical (unpaired) electrons. The van der Waals surface area contributed by atoms with Gasteiger partial charge in [-0.2, -0.15) is 0 Å². The lowest BCUT2D eigenvalue weighted by Crippen LogP contribution is -2.36. The number of anilines is 2. The number of carbonyl (C=O) groups excluding carboxylic acids is 2. The summed E-state index contributed by atoms with van der Waals surface area (Å²) in [5.74, 6) is 1.33. The highest BCUT2D eigenvalue weighted by Crippen LogP contribution is 2.38. The number of fused-ring (bicyclic) bond motifs is 1. The Bertz CT molecular complexity index is 918. The molecule has 0 spiro atoms. The molecule has 0 fully saturated rings. The van der Waals surface area contributed by atoms with Crippen molar-refractivity contribution < 1.29 is 28.5 Å². The molecule has 3 rings (SSSR count). The number of ether oxygens (including phenoxy) is 4. The minimum absolute atomic E-state index is 0.0311. The molecule has 0 aliphatic carbocycles. The van der Waals surface area contributed by atoms with E-state index >= 15 is 0 Å². The second-order valence-electron chi connectivity index (χ2n) is 6.84. The molecule has 30 heavy (non-hydrogen) atoms. The molecule has 0 atom stereocenters. The van der Waals surface area contributed by atoms with Gasteiger partial charge in [-0.25, -0.2) is 0 Å². The summed E-state index contributed by atoms with van der Waals surface area (Å²) < 4.78 is 21.1. The number of nitrogens with zero attached hydrogens (tertiary/aromatic N) is 1. The predicted octanol–water partition coefficient (Wildman–Crippen LogP) is 2.78. The number of rotatable bonds is 8. The average Bonchev–Trinajstić information content (AvgIpc) is 2.74. The number of amides is 2. The molecule has 1 N–H and O–H groups in total. The minimum Gasteiger partial charge on any atom is -0.493 e. The number of aryl methyl sites for hydroxylation is 1. The number of carbonyl (C=O) groups is 2. The van der Waals surface area contributed by atoms with Crippen LogP contribution in [-0.2, 0) is 27.2 Å². The van der Waals surface area contributed by atoms with Gasteiger partial charge in [0.05, 0.1) is 27.8 Å². The lowest BCUT2D eigenvalue weighted by atomic mass is 10.0. The molecule has 1 aliphatic heterocycles. The largest absolute Gasteiger partial charge is 0.493 e. The van der Waals surface area contributed by atoms with Crippen LogP contribution in [0.2, 0.25) is 0 Å². The summed E-state index contributed by atoms with van der Waals surface area (Å²) in [6.45, 7) is 0.207. The van der Waals surface area contributed by atoms with Crippen LogP contribution < -0.4 is 24.4 Å². The van der Waals surface area contributed by atoms with Gasteiger partial charge in [0.2, 0.25) is 17.6 Å². The summed E-state index contributed by atoms with van der Waals surface area (Å²) in [6, 6.07) is 9.02. The molecule has 2 aromatic carbocycles. The zero-order chi connectivity index (χ0) is 21.7. The van der Waals surface area contributed by atoms with Crippen LogP contribution in [0.4, 0.5) is 11.4 Å². The Labute approximate surface area is 175 Å². The van der Waals surface area contributed by atoms with Crippen molar-refractivity contribution in [3.05, 3.63) is 41.5 Å². The van der Waals surface area contributed by atoms with Crippen molar-refractivity contribution in [3.8, 4) is 17.2 Å². The predicted molar refractivity (Wildman–Crippen MR) is 113 cm³/mol. The van der Waals surface area contributed by atoms with Gasteiger partial charge in [0.25, 0.3) is 0 Å². The average molecular weight is 414 g/mol. The Morgan fingerprint density at radius 1 is 1.00 bits per heavy atom. The van der Waals surface area contributed by atoms with Crippen molar-refractivity contribution in [2.45, 2.75) is 19.3 Å². The van der Waals surface area contributed by atoms with Gasteiger partial charge in [-0.05, 0) is 47.9 Å². The third-order valence-electron chi connectivity index (χ3n) is 4.91. The quantitative estimate of drug-likeness (QED) is 0.715. The zero-order valence-corrected chi connectivity index (χ0v) is 17.6. The molecule has 8 heteroatoms. The summed E-state index contributed by atoms with van der Waals surface area (Å²) in [6.07, 6.45) is 1.19. The summed E-state index contributed by atoms with van der Waals surface area (Å²) in [4.78, 5) is 26.3. The van der Waals surface area contributed by atoms with Gasteiger partial charge < -0.3 is 24.3 Å². The van der Waals surface area contributed by atoms with E-state index in [0.717, 1.165) is 16.8 Å². The van der Waals surface area contributed by atoms with Crippen LogP contribution in [0.3, 0.4) is 0 Å². The Hall–Kier alpha value is -3.26. The summed E-state index contributed by atoms with van der Waals surface area (Å²) in [5.41, 5.74) is 3.22. The van der Waals surface area contributed by atoms with E-state index in [4.69, 9.17) is 18.9 Å². The van der Waals surface area contributed by atoms with Gasteiger partial charge in [-0.3, -0.25) is 14.5 Å². The number of methoxy groups -OCH3 is 4. The number of hydrogen-bond acceptors (Lipinski definition) is 6. The first-order valence-electron chi connectivity index (χ1n) is 9.51. The fourth-order valence-electron chi connectivity index (χ4n) is 3.54. The number of nitrogens with one attached hydrogen (secondary N) is 1. The van der Waals surface area contributed by atoms with E-state index in [-0.39, 0.29) is 25.0 Å². The highest BCUT2D eigenvalue weighted by molar-refractivity contribution is 5.97. The molecule has 0 saturated carbocycles. The monoisotopic (exact) mass is 414 g/mol.